The molecule has 2 aromatic rings. The number of hydrogen-bond donors (Lipinski definition) is 3. The van der Waals surface area contributed by atoms with Crippen LogP contribution < -0.4 is 10.7 Å². The van der Waals surface area contributed by atoms with Gasteiger partial charge in [-0.15, -0.1) is 0 Å². The van der Waals surface area contributed by atoms with Crippen LogP contribution in [-0.2, 0) is 4.79 Å². The predicted molar refractivity (Wildman–Crippen MR) is 116 cm³/mol. The summed E-state index contributed by atoms with van der Waals surface area (Å²) < 4.78 is 0. The number of hydrogen-bond acceptors (Lipinski definition) is 4. The average Bonchev–Trinajstić information content (AvgIpc) is 3.09. The number of fused-ring (bicyclic) bond motifs is 1. The Hall–Kier alpha value is -2.83. The molecule has 2 heterocycles. The number of aromatic carboxylic acids is 1. The Kier molecular flexibility index (Phi) is 5.08. The van der Waals surface area contributed by atoms with Gasteiger partial charge in [0.25, 0.3) is 5.91 Å². The number of halogens is 1. The number of nitrogens with zero attached hydrogens (tertiary/aromatic N) is 1. The minimum absolute atomic E-state index is 0.00164. The van der Waals surface area contributed by atoms with Crippen LogP contribution in [0.2, 0.25) is 5.02 Å². The topological polar surface area (TPSA) is 81.7 Å². The van der Waals surface area contributed by atoms with Crippen LogP contribution in [0.25, 0.3) is 5.70 Å². The molecule has 3 unspecified atom stereocenters. The van der Waals surface area contributed by atoms with Gasteiger partial charge in [-0.3, -0.25) is 9.80 Å². The fraction of sp³-hybridized carbons (Fsp3) is 0.304. The summed E-state index contributed by atoms with van der Waals surface area (Å²) in [5, 5.41) is 15.1. The van der Waals surface area contributed by atoms with E-state index in [9.17, 15) is 14.7 Å². The van der Waals surface area contributed by atoms with E-state index in [0.717, 1.165) is 5.56 Å². The van der Waals surface area contributed by atoms with Crippen molar-refractivity contribution in [3.63, 3.8) is 0 Å². The maximum absolute atomic E-state index is 13.0. The van der Waals surface area contributed by atoms with Gasteiger partial charge in [-0.1, -0.05) is 56.6 Å². The highest BCUT2D eigenvalue weighted by atomic mass is 35.5. The first-order valence-corrected chi connectivity index (χ1v) is 10.2. The summed E-state index contributed by atoms with van der Waals surface area (Å²) in [6.07, 6.45) is 1.19. The first kappa shape index (κ1) is 20.4. The van der Waals surface area contributed by atoms with Crippen LogP contribution in [0.15, 0.2) is 54.6 Å². The van der Waals surface area contributed by atoms with Crippen LogP contribution >= 0.6 is 11.6 Å². The van der Waals surface area contributed by atoms with Gasteiger partial charge in [0.05, 0.1) is 5.56 Å². The second kappa shape index (κ2) is 7.45. The van der Waals surface area contributed by atoms with E-state index in [1.807, 2.05) is 24.3 Å². The van der Waals surface area contributed by atoms with Crippen LogP contribution in [-0.4, -0.2) is 34.2 Å². The number of carboxylic acids is 1. The SMILES string of the molecule is CC(C)(C)C1NN2C(=O)C=C(c3cccc(C(=O)O)c3)NC2C1c1ccc(Cl)cc1. The first-order chi connectivity index (χ1) is 14.1. The quantitative estimate of drug-likeness (QED) is 0.695. The van der Waals surface area contributed by atoms with Crippen molar-refractivity contribution in [3.05, 3.63) is 76.3 Å². The fourth-order valence-electron chi connectivity index (χ4n) is 4.18. The molecule has 7 heteroatoms. The summed E-state index contributed by atoms with van der Waals surface area (Å²) >= 11 is 6.10. The van der Waals surface area contributed by atoms with E-state index >= 15 is 0 Å². The Morgan fingerprint density at radius 1 is 1.13 bits per heavy atom. The number of benzene rings is 2. The molecule has 156 valence electrons. The number of carbonyl (C=O) groups is 2. The Morgan fingerprint density at radius 3 is 2.47 bits per heavy atom. The molecular weight excluding hydrogens is 402 g/mol. The van der Waals surface area contributed by atoms with E-state index in [4.69, 9.17) is 11.6 Å². The van der Waals surface area contributed by atoms with E-state index in [0.29, 0.717) is 16.3 Å². The molecule has 0 aromatic heterocycles. The fourth-order valence-corrected chi connectivity index (χ4v) is 4.31. The smallest absolute Gasteiger partial charge is 0.335 e. The zero-order valence-corrected chi connectivity index (χ0v) is 17.8. The van der Waals surface area contributed by atoms with Crippen molar-refractivity contribution in [2.24, 2.45) is 5.41 Å². The maximum atomic E-state index is 13.0. The van der Waals surface area contributed by atoms with Gasteiger partial charge in [0, 0.05) is 28.8 Å². The van der Waals surface area contributed by atoms with Gasteiger partial charge in [-0.2, -0.15) is 0 Å². The van der Waals surface area contributed by atoms with E-state index in [1.165, 1.54) is 12.1 Å². The molecule has 1 amide bonds. The third kappa shape index (κ3) is 3.68. The molecule has 4 rings (SSSR count). The molecular formula is C23H24ClN3O3. The summed E-state index contributed by atoms with van der Waals surface area (Å²) in [4.78, 5) is 24.4. The van der Waals surface area contributed by atoms with E-state index in [2.05, 4.69) is 31.5 Å². The number of hydrazine groups is 1. The van der Waals surface area contributed by atoms with Crippen molar-refractivity contribution in [2.75, 3.05) is 0 Å². The third-order valence-electron chi connectivity index (χ3n) is 5.67. The number of amides is 1. The Morgan fingerprint density at radius 2 is 1.83 bits per heavy atom. The van der Waals surface area contributed by atoms with Crippen LogP contribution in [0.4, 0.5) is 0 Å². The number of carbonyl (C=O) groups excluding carboxylic acids is 1. The summed E-state index contributed by atoms with van der Waals surface area (Å²) in [6.45, 7) is 6.42. The van der Waals surface area contributed by atoms with Crippen molar-refractivity contribution in [3.8, 4) is 0 Å². The van der Waals surface area contributed by atoms with Crippen LogP contribution in [0, 0.1) is 5.41 Å². The molecule has 6 nitrogen and oxygen atoms in total. The Labute approximate surface area is 180 Å². The molecule has 1 fully saturated rings. The van der Waals surface area contributed by atoms with Crippen LogP contribution in [0.5, 0.6) is 0 Å². The minimum Gasteiger partial charge on any atom is -0.478 e. The zero-order chi connectivity index (χ0) is 21.6. The summed E-state index contributed by atoms with van der Waals surface area (Å²) in [7, 11) is 0. The molecule has 2 aliphatic rings. The van der Waals surface area contributed by atoms with Gasteiger partial charge in [0.15, 0.2) is 0 Å². The maximum Gasteiger partial charge on any atom is 0.335 e. The molecule has 3 atom stereocenters. The van der Waals surface area contributed by atoms with Crippen molar-refractivity contribution in [1.29, 1.82) is 0 Å². The molecule has 0 spiro atoms. The number of rotatable bonds is 3. The van der Waals surface area contributed by atoms with Gasteiger partial charge in [0.2, 0.25) is 0 Å². The zero-order valence-electron chi connectivity index (χ0n) is 17.0. The summed E-state index contributed by atoms with van der Waals surface area (Å²) in [5.41, 5.74) is 5.80. The Bertz CT molecular complexity index is 1030. The molecule has 2 aliphatic heterocycles. The monoisotopic (exact) mass is 425 g/mol. The van der Waals surface area contributed by atoms with Gasteiger partial charge in [0.1, 0.15) is 6.17 Å². The van der Waals surface area contributed by atoms with E-state index in [-0.39, 0.29) is 35.0 Å². The van der Waals surface area contributed by atoms with Crippen molar-refractivity contribution in [2.45, 2.75) is 38.9 Å². The largest absolute Gasteiger partial charge is 0.478 e. The molecule has 30 heavy (non-hydrogen) atoms. The molecule has 2 aromatic carbocycles. The van der Waals surface area contributed by atoms with Gasteiger partial charge < -0.3 is 10.4 Å². The summed E-state index contributed by atoms with van der Waals surface area (Å²) in [5.74, 6) is -1.20. The average molecular weight is 426 g/mol. The van der Waals surface area contributed by atoms with Gasteiger partial charge in [-0.05, 0) is 40.8 Å². The predicted octanol–water partition coefficient (Wildman–Crippen LogP) is 3.85. The van der Waals surface area contributed by atoms with Gasteiger partial charge in [-0.25, -0.2) is 10.2 Å². The van der Waals surface area contributed by atoms with E-state index < -0.39 is 5.97 Å². The lowest BCUT2D eigenvalue weighted by Gasteiger charge is -2.34. The second-order valence-corrected chi connectivity index (χ2v) is 9.23. The second-order valence-electron chi connectivity index (χ2n) is 8.79. The van der Waals surface area contributed by atoms with Crippen LogP contribution in [0.3, 0.4) is 0 Å². The highest BCUT2D eigenvalue weighted by molar-refractivity contribution is 6.30. The third-order valence-corrected chi connectivity index (χ3v) is 5.92. The molecule has 1 saturated heterocycles. The molecule has 0 bridgehead atoms. The Balaban J connectivity index is 1.74. The normalized spacial score (nSPS) is 23.6. The minimum atomic E-state index is -1.00. The summed E-state index contributed by atoms with van der Waals surface area (Å²) in [6, 6.07) is 14.3. The lowest BCUT2D eigenvalue weighted by Crippen LogP contribution is -2.52. The number of nitrogens with one attached hydrogen (secondary N) is 2. The molecule has 0 radical (unpaired) electrons. The van der Waals surface area contributed by atoms with Crippen LogP contribution in [0.1, 0.15) is 48.2 Å². The van der Waals surface area contributed by atoms with Crippen molar-refractivity contribution >= 4 is 29.2 Å². The van der Waals surface area contributed by atoms with E-state index in [1.54, 1.807) is 23.2 Å². The standard InChI is InChI=1S/C23H24ClN3O3/c1-23(2,3)20-19(13-7-9-16(24)10-8-13)21-25-17(12-18(28)27(21)26-20)14-5-4-6-15(11-14)22(29)30/h4-12,19-21,25-26H,1-3H3,(H,29,30). The molecule has 3 N–H and O–H groups in total. The molecule has 0 aliphatic carbocycles. The first-order valence-electron chi connectivity index (χ1n) is 9.82. The highest BCUT2D eigenvalue weighted by Crippen LogP contribution is 2.41. The number of carboxylic acid groups (broad SMARTS) is 1. The molecule has 0 saturated carbocycles. The lowest BCUT2D eigenvalue weighted by molar-refractivity contribution is -0.131. The van der Waals surface area contributed by atoms with Crippen molar-refractivity contribution < 1.29 is 14.7 Å². The lowest BCUT2D eigenvalue weighted by atomic mass is 9.76. The highest BCUT2D eigenvalue weighted by Gasteiger charge is 2.50. The van der Waals surface area contributed by atoms with Crippen molar-refractivity contribution in [1.82, 2.24) is 15.8 Å². The van der Waals surface area contributed by atoms with Gasteiger partial charge >= 0.3 is 5.97 Å².